The quantitative estimate of drug-likeness (QED) is 0.834. The molecule has 5 heteroatoms. The van der Waals surface area contributed by atoms with E-state index in [0.29, 0.717) is 18.2 Å². The van der Waals surface area contributed by atoms with Gasteiger partial charge in [-0.1, -0.05) is 30.3 Å². The lowest BCUT2D eigenvalue weighted by atomic mass is 10.2. The minimum Gasteiger partial charge on any atom is -0.478 e. The van der Waals surface area contributed by atoms with Gasteiger partial charge in [0, 0.05) is 19.2 Å². The van der Waals surface area contributed by atoms with E-state index < -0.39 is 5.97 Å². The van der Waals surface area contributed by atoms with Crippen molar-refractivity contribution in [1.29, 1.82) is 0 Å². The summed E-state index contributed by atoms with van der Waals surface area (Å²) in [4.78, 5) is 10.5. The number of nitrogens with zero attached hydrogens (tertiary/aromatic N) is 2. The first kappa shape index (κ1) is 12.9. The molecule has 0 radical (unpaired) electrons. The normalized spacial score (nSPS) is 10.8. The Morgan fingerprint density at radius 3 is 2.84 bits per heavy atom. The summed E-state index contributed by atoms with van der Waals surface area (Å²) < 4.78 is 7.12. The molecule has 0 atom stereocenters. The maximum atomic E-state index is 10.5. The van der Waals surface area contributed by atoms with Gasteiger partial charge < -0.3 is 9.84 Å². The summed E-state index contributed by atoms with van der Waals surface area (Å²) in [5.74, 6) is -0.524. The maximum absolute atomic E-state index is 10.5. The maximum Gasteiger partial charge on any atom is 0.328 e. The standard InChI is InChI=1S/C14H14N2O3/c1-16-12(7-8-14(17)18)9-13(15-16)19-10-11-5-3-2-4-6-11/h2-9H,10H2,1H3,(H,17,18). The third-order valence-electron chi connectivity index (χ3n) is 2.52. The van der Waals surface area contributed by atoms with Crippen LogP contribution >= 0.6 is 0 Å². The minimum absolute atomic E-state index is 0.430. The molecule has 0 aliphatic heterocycles. The summed E-state index contributed by atoms with van der Waals surface area (Å²) in [5, 5.41) is 12.7. The fraction of sp³-hybridized carbons (Fsp3) is 0.143. The largest absolute Gasteiger partial charge is 0.478 e. The van der Waals surface area contributed by atoms with Crippen LogP contribution in [0.4, 0.5) is 0 Å². The Hall–Kier alpha value is -2.56. The van der Waals surface area contributed by atoms with E-state index in [4.69, 9.17) is 9.84 Å². The smallest absolute Gasteiger partial charge is 0.328 e. The molecule has 0 aliphatic rings. The van der Waals surface area contributed by atoms with Gasteiger partial charge in [0.15, 0.2) is 0 Å². The van der Waals surface area contributed by atoms with Gasteiger partial charge in [0.05, 0.1) is 5.69 Å². The zero-order valence-electron chi connectivity index (χ0n) is 10.5. The number of aliphatic carboxylic acids is 1. The number of hydrogen-bond donors (Lipinski definition) is 1. The van der Waals surface area contributed by atoms with Gasteiger partial charge in [0.2, 0.25) is 5.88 Å². The van der Waals surface area contributed by atoms with Gasteiger partial charge in [0.1, 0.15) is 6.61 Å². The molecular weight excluding hydrogens is 244 g/mol. The third kappa shape index (κ3) is 3.70. The van der Waals surface area contributed by atoms with Crippen molar-refractivity contribution in [2.45, 2.75) is 6.61 Å². The fourth-order valence-electron chi connectivity index (χ4n) is 1.57. The molecule has 1 heterocycles. The van der Waals surface area contributed by atoms with Gasteiger partial charge >= 0.3 is 5.97 Å². The van der Waals surface area contributed by atoms with Crippen molar-refractivity contribution in [1.82, 2.24) is 9.78 Å². The molecule has 98 valence electrons. The Morgan fingerprint density at radius 2 is 2.16 bits per heavy atom. The van der Waals surface area contributed by atoms with Crippen molar-refractivity contribution in [2.24, 2.45) is 7.05 Å². The van der Waals surface area contributed by atoms with Gasteiger partial charge in [-0.2, -0.15) is 0 Å². The first-order valence-electron chi connectivity index (χ1n) is 5.77. The van der Waals surface area contributed by atoms with Crippen LogP contribution in [0.2, 0.25) is 0 Å². The van der Waals surface area contributed by atoms with Crippen LogP contribution in [0.3, 0.4) is 0 Å². The molecule has 0 aliphatic carbocycles. The predicted molar refractivity (Wildman–Crippen MR) is 70.7 cm³/mol. The lowest BCUT2D eigenvalue weighted by molar-refractivity contribution is -0.131. The van der Waals surface area contributed by atoms with Crippen LogP contribution in [0.25, 0.3) is 6.08 Å². The molecule has 0 unspecified atom stereocenters. The van der Waals surface area contributed by atoms with Crippen molar-refractivity contribution in [2.75, 3.05) is 0 Å². The van der Waals surface area contributed by atoms with Crippen LogP contribution in [-0.2, 0) is 18.4 Å². The van der Waals surface area contributed by atoms with E-state index in [1.54, 1.807) is 17.8 Å². The molecule has 1 N–H and O–H groups in total. The second-order valence-electron chi connectivity index (χ2n) is 3.98. The number of ether oxygens (including phenoxy) is 1. The lowest BCUT2D eigenvalue weighted by Crippen LogP contribution is -1.97. The third-order valence-corrected chi connectivity index (χ3v) is 2.52. The van der Waals surface area contributed by atoms with E-state index in [1.807, 2.05) is 30.3 Å². The molecule has 2 aromatic rings. The molecule has 1 aromatic heterocycles. The van der Waals surface area contributed by atoms with E-state index in [-0.39, 0.29) is 0 Å². The van der Waals surface area contributed by atoms with Crippen LogP contribution in [0.15, 0.2) is 42.5 Å². The molecular formula is C14H14N2O3. The van der Waals surface area contributed by atoms with Gasteiger partial charge in [-0.3, -0.25) is 4.68 Å². The zero-order valence-corrected chi connectivity index (χ0v) is 10.5. The zero-order chi connectivity index (χ0) is 13.7. The first-order valence-corrected chi connectivity index (χ1v) is 5.77. The van der Waals surface area contributed by atoms with Crippen molar-refractivity contribution >= 4 is 12.0 Å². The lowest BCUT2D eigenvalue weighted by Gasteiger charge is -2.01. The SMILES string of the molecule is Cn1nc(OCc2ccccc2)cc1C=CC(=O)O. The van der Waals surface area contributed by atoms with Crippen LogP contribution in [0, 0.1) is 0 Å². The summed E-state index contributed by atoms with van der Waals surface area (Å²) in [5.41, 5.74) is 1.72. The number of hydrogen-bond acceptors (Lipinski definition) is 3. The molecule has 2 rings (SSSR count). The monoisotopic (exact) mass is 258 g/mol. The Bertz CT molecular complexity index is 588. The molecule has 19 heavy (non-hydrogen) atoms. The molecule has 0 fully saturated rings. The molecule has 0 bridgehead atoms. The average Bonchev–Trinajstić information content (AvgIpc) is 2.76. The van der Waals surface area contributed by atoms with Crippen LogP contribution in [0.1, 0.15) is 11.3 Å². The van der Waals surface area contributed by atoms with Crippen LogP contribution in [-0.4, -0.2) is 20.9 Å². The van der Waals surface area contributed by atoms with E-state index in [9.17, 15) is 4.79 Å². The van der Waals surface area contributed by atoms with E-state index >= 15 is 0 Å². The highest BCUT2D eigenvalue weighted by molar-refractivity contribution is 5.84. The second kappa shape index (κ2) is 5.86. The molecule has 1 aromatic carbocycles. The van der Waals surface area contributed by atoms with Crippen molar-refractivity contribution in [3.05, 3.63) is 53.7 Å². The van der Waals surface area contributed by atoms with Crippen LogP contribution < -0.4 is 4.74 Å². The molecule has 5 nitrogen and oxygen atoms in total. The predicted octanol–water partition coefficient (Wildman–Crippen LogP) is 2.10. The van der Waals surface area contributed by atoms with Gasteiger partial charge in [-0.05, 0) is 11.6 Å². The van der Waals surface area contributed by atoms with Gasteiger partial charge in [-0.15, -0.1) is 5.10 Å². The van der Waals surface area contributed by atoms with E-state index in [2.05, 4.69) is 5.10 Å². The number of carboxylic acids is 1. The highest BCUT2D eigenvalue weighted by Gasteiger charge is 2.04. The molecule has 0 saturated carbocycles. The molecule has 0 saturated heterocycles. The van der Waals surface area contributed by atoms with Crippen molar-refractivity contribution < 1.29 is 14.6 Å². The number of rotatable bonds is 5. The number of benzene rings is 1. The summed E-state index contributed by atoms with van der Waals surface area (Å²) in [6.45, 7) is 0.430. The minimum atomic E-state index is -0.993. The number of aryl methyl sites for hydroxylation is 1. The molecule has 0 amide bonds. The van der Waals surface area contributed by atoms with Crippen molar-refractivity contribution in [3.8, 4) is 5.88 Å². The highest BCUT2D eigenvalue weighted by Crippen LogP contribution is 2.14. The van der Waals surface area contributed by atoms with E-state index in [0.717, 1.165) is 11.6 Å². The Kier molecular flexibility index (Phi) is 3.97. The van der Waals surface area contributed by atoms with E-state index in [1.165, 1.54) is 6.08 Å². The summed E-state index contributed by atoms with van der Waals surface area (Å²) >= 11 is 0. The Labute approximate surface area is 110 Å². The topological polar surface area (TPSA) is 64.4 Å². The Balaban J connectivity index is 2.02. The summed E-state index contributed by atoms with van der Waals surface area (Å²) in [6.07, 6.45) is 2.54. The molecule has 0 spiro atoms. The highest BCUT2D eigenvalue weighted by atomic mass is 16.5. The van der Waals surface area contributed by atoms with Gasteiger partial charge in [-0.25, -0.2) is 4.79 Å². The fourth-order valence-corrected chi connectivity index (χ4v) is 1.57. The summed E-state index contributed by atoms with van der Waals surface area (Å²) in [6, 6.07) is 11.5. The first-order chi connectivity index (χ1) is 9.15. The average molecular weight is 258 g/mol. The summed E-state index contributed by atoms with van der Waals surface area (Å²) in [7, 11) is 1.73. The van der Waals surface area contributed by atoms with Crippen molar-refractivity contribution in [3.63, 3.8) is 0 Å². The number of carbonyl (C=O) groups is 1. The Morgan fingerprint density at radius 1 is 1.42 bits per heavy atom. The van der Waals surface area contributed by atoms with Crippen LogP contribution in [0.5, 0.6) is 5.88 Å². The van der Waals surface area contributed by atoms with Gasteiger partial charge in [0.25, 0.3) is 0 Å². The number of carboxylic acid groups (broad SMARTS) is 1. The number of aromatic nitrogens is 2. The second-order valence-corrected chi connectivity index (χ2v) is 3.98.